The Kier molecular flexibility index (Phi) is 3.81. The van der Waals surface area contributed by atoms with Gasteiger partial charge in [-0.25, -0.2) is 0 Å². The molecule has 1 aliphatic rings. The number of aromatic nitrogens is 1. The molecule has 2 atom stereocenters. The molecule has 6 heteroatoms. The van der Waals surface area contributed by atoms with Crippen LogP contribution in [0.15, 0.2) is 40.9 Å². The fraction of sp³-hybridized carbons (Fsp3) is 0.211. The van der Waals surface area contributed by atoms with Gasteiger partial charge >= 0.3 is 0 Å². The Labute approximate surface area is 152 Å². The third-order valence-corrected chi connectivity index (χ3v) is 5.49. The highest BCUT2D eigenvalue weighted by Crippen LogP contribution is 2.38. The number of hydrogen-bond donors (Lipinski definition) is 3. The zero-order valence-corrected chi connectivity index (χ0v) is 15.1. The zero-order valence-electron chi connectivity index (χ0n) is 13.5. The van der Waals surface area contributed by atoms with Gasteiger partial charge in [0.25, 0.3) is 0 Å². The third kappa shape index (κ3) is 2.62. The number of nitrogens with two attached hydrogens (primary N) is 1. The van der Waals surface area contributed by atoms with Gasteiger partial charge in [0.15, 0.2) is 6.04 Å². The Morgan fingerprint density at radius 1 is 1.36 bits per heavy atom. The average Bonchev–Trinajstić information content (AvgIpc) is 2.96. The zero-order chi connectivity index (χ0) is 17.7. The van der Waals surface area contributed by atoms with Gasteiger partial charge in [0.05, 0.1) is 21.7 Å². The second kappa shape index (κ2) is 5.89. The van der Waals surface area contributed by atoms with E-state index in [1.54, 1.807) is 5.32 Å². The minimum Gasteiger partial charge on any atom is -0.544 e. The molecule has 4 rings (SSSR count). The van der Waals surface area contributed by atoms with E-state index in [0.29, 0.717) is 16.5 Å². The first-order valence-electron chi connectivity index (χ1n) is 8.10. The lowest BCUT2D eigenvalue weighted by atomic mass is 9.89. The molecule has 0 bridgehead atoms. The fourth-order valence-corrected chi connectivity index (χ4v) is 4.33. The highest BCUT2D eigenvalue weighted by Gasteiger charge is 2.36. The van der Waals surface area contributed by atoms with E-state index in [1.165, 1.54) is 0 Å². The summed E-state index contributed by atoms with van der Waals surface area (Å²) in [6.45, 7) is 1.94. The van der Waals surface area contributed by atoms with Gasteiger partial charge in [0.1, 0.15) is 11.8 Å². The number of phenols is 1. The SMILES string of the molecule is Cc1cc(Br)c(O)c(C2[NH2+]C(C(=O)[O-])Cc3c2[nH]c2ccccc32)c1. The number of carboxylic acids is 1. The number of para-hydroxylation sites is 1. The Bertz CT molecular complexity index is 996. The molecule has 0 spiro atoms. The molecular formula is C19H17BrN2O3. The van der Waals surface area contributed by atoms with Crippen LogP contribution in [-0.2, 0) is 11.2 Å². The van der Waals surface area contributed by atoms with Gasteiger partial charge in [-0.1, -0.05) is 18.2 Å². The van der Waals surface area contributed by atoms with Crippen molar-refractivity contribution in [3.8, 4) is 5.75 Å². The summed E-state index contributed by atoms with van der Waals surface area (Å²) in [4.78, 5) is 15.0. The van der Waals surface area contributed by atoms with Crippen LogP contribution in [-0.4, -0.2) is 22.1 Å². The van der Waals surface area contributed by atoms with Crippen LogP contribution >= 0.6 is 15.9 Å². The summed E-state index contributed by atoms with van der Waals surface area (Å²) >= 11 is 3.38. The highest BCUT2D eigenvalue weighted by atomic mass is 79.9. The van der Waals surface area contributed by atoms with Crippen molar-refractivity contribution in [2.24, 2.45) is 0 Å². The van der Waals surface area contributed by atoms with E-state index >= 15 is 0 Å². The molecule has 0 saturated heterocycles. The van der Waals surface area contributed by atoms with Crippen LogP contribution in [0.3, 0.4) is 0 Å². The number of benzene rings is 2. The van der Waals surface area contributed by atoms with Crippen LogP contribution in [0.5, 0.6) is 5.75 Å². The molecule has 1 aliphatic heterocycles. The molecule has 0 saturated carbocycles. The molecular weight excluding hydrogens is 384 g/mol. The number of phenolic OH excluding ortho intramolecular Hbond substituents is 1. The lowest BCUT2D eigenvalue weighted by molar-refractivity contribution is -0.717. The molecule has 5 nitrogen and oxygen atoms in total. The number of fused-ring (bicyclic) bond motifs is 3. The first kappa shape index (κ1) is 16.2. The number of quaternary nitrogens is 1. The third-order valence-electron chi connectivity index (χ3n) is 4.88. The second-order valence-electron chi connectivity index (χ2n) is 6.55. The lowest BCUT2D eigenvalue weighted by Crippen LogP contribution is -2.95. The van der Waals surface area contributed by atoms with Crippen LogP contribution in [0.2, 0.25) is 0 Å². The molecule has 2 aromatic carbocycles. The molecule has 0 fully saturated rings. The van der Waals surface area contributed by atoms with Crippen molar-refractivity contribution in [1.29, 1.82) is 0 Å². The monoisotopic (exact) mass is 400 g/mol. The second-order valence-corrected chi connectivity index (χ2v) is 7.40. The Hall–Kier alpha value is -2.31. The summed E-state index contributed by atoms with van der Waals surface area (Å²) in [5.74, 6) is -0.956. The van der Waals surface area contributed by atoms with E-state index in [2.05, 4.69) is 20.9 Å². The van der Waals surface area contributed by atoms with Crippen molar-refractivity contribution in [2.45, 2.75) is 25.4 Å². The van der Waals surface area contributed by atoms with Gasteiger partial charge in [-0.2, -0.15) is 0 Å². The van der Waals surface area contributed by atoms with Crippen molar-refractivity contribution in [1.82, 2.24) is 4.98 Å². The van der Waals surface area contributed by atoms with Crippen molar-refractivity contribution < 1.29 is 20.3 Å². The quantitative estimate of drug-likeness (QED) is 0.604. The number of carbonyl (C=O) groups is 1. The maximum absolute atomic E-state index is 11.6. The van der Waals surface area contributed by atoms with E-state index in [0.717, 1.165) is 27.7 Å². The van der Waals surface area contributed by atoms with E-state index in [9.17, 15) is 15.0 Å². The summed E-state index contributed by atoms with van der Waals surface area (Å²) in [7, 11) is 0. The van der Waals surface area contributed by atoms with E-state index in [4.69, 9.17) is 0 Å². The molecule has 0 aliphatic carbocycles. The Morgan fingerprint density at radius 3 is 2.88 bits per heavy atom. The van der Waals surface area contributed by atoms with E-state index < -0.39 is 12.0 Å². The number of aromatic amines is 1. The molecule has 3 aromatic rings. The highest BCUT2D eigenvalue weighted by molar-refractivity contribution is 9.10. The van der Waals surface area contributed by atoms with Gasteiger partial charge in [-0.05, 0) is 52.2 Å². The number of rotatable bonds is 2. The molecule has 0 radical (unpaired) electrons. The molecule has 2 heterocycles. The predicted molar refractivity (Wildman–Crippen MR) is 95.1 cm³/mol. The normalized spacial score (nSPS) is 19.8. The molecule has 4 N–H and O–H groups in total. The number of aromatic hydroxyl groups is 1. The summed E-state index contributed by atoms with van der Waals surface area (Å²) in [5.41, 5.74) is 4.56. The number of carbonyl (C=O) groups excluding carboxylic acids is 1. The van der Waals surface area contributed by atoms with Crippen molar-refractivity contribution in [3.63, 3.8) is 0 Å². The van der Waals surface area contributed by atoms with Crippen LogP contribution in [0, 0.1) is 6.92 Å². The van der Waals surface area contributed by atoms with Gasteiger partial charge in [-0.3, -0.25) is 0 Å². The predicted octanol–water partition coefficient (Wildman–Crippen LogP) is 1.27. The van der Waals surface area contributed by atoms with Gasteiger partial charge < -0.3 is 25.3 Å². The first-order chi connectivity index (χ1) is 12.0. The van der Waals surface area contributed by atoms with Crippen molar-refractivity contribution in [3.05, 3.63) is 63.3 Å². The Balaban J connectivity index is 1.96. The largest absolute Gasteiger partial charge is 0.544 e. The number of nitrogens with one attached hydrogen (secondary N) is 1. The molecule has 2 unspecified atom stereocenters. The number of halogens is 1. The number of aliphatic carboxylic acids is 1. The van der Waals surface area contributed by atoms with E-state index in [1.807, 2.05) is 43.3 Å². The summed E-state index contributed by atoms with van der Waals surface area (Å²) in [5, 5.41) is 24.9. The number of carboxylic acid groups (broad SMARTS) is 1. The smallest absolute Gasteiger partial charge is 0.157 e. The van der Waals surface area contributed by atoms with Crippen LogP contribution in [0.25, 0.3) is 10.9 Å². The standard InChI is InChI=1S/C19H17BrN2O3/c1-9-6-12(18(23)13(20)7-9)17-16-11(8-15(22-17)19(24)25)10-4-2-3-5-14(10)21-16/h2-7,15,17,21-23H,8H2,1H3,(H,24,25). The Morgan fingerprint density at radius 2 is 2.12 bits per heavy atom. The maximum Gasteiger partial charge on any atom is 0.157 e. The van der Waals surface area contributed by atoms with Crippen LogP contribution in [0.1, 0.15) is 28.4 Å². The van der Waals surface area contributed by atoms with Crippen LogP contribution < -0.4 is 10.4 Å². The van der Waals surface area contributed by atoms with Gasteiger partial charge in [-0.15, -0.1) is 0 Å². The number of hydrogen-bond acceptors (Lipinski definition) is 3. The first-order valence-corrected chi connectivity index (χ1v) is 8.89. The minimum atomic E-state index is -1.09. The van der Waals surface area contributed by atoms with E-state index in [-0.39, 0.29) is 11.8 Å². The van der Waals surface area contributed by atoms with Crippen LogP contribution in [0.4, 0.5) is 0 Å². The van der Waals surface area contributed by atoms with Gasteiger partial charge in [0.2, 0.25) is 0 Å². The number of H-pyrrole nitrogens is 1. The summed E-state index contributed by atoms with van der Waals surface area (Å²) < 4.78 is 0.601. The minimum absolute atomic E-state index is 0.135. The molecule has 1 aromatic heterocycles. The van der Waals surface area contributed by atoms with Crippen molar-refractivity contribution in [2.75, 3.05) is 0 Å². The summed E-state index contributed by atoms with van der Waals surface area (Å²) in [6, 6.07) is 10.6. The molecule has 128 valence electrons. The molecule has 25 heavy (non-hydrogen) atoms. The fourth-order valence-electron chi connectivity index (χ4n) is 3.74. The summed E-state index contributed by atoms with van der Waals surface area (Å²) in [6.07, 6.45) is 0.395. The average molecular weight is 401 g/mol. The van der Waals surface area contributed by atoms with Gasteiger partial charge in [0, 0.05) is 17.3 Å². The van der Waals surface area contributed by atoms with Crippen molar-refractivity contribution >= 4 is 32.8 Å². The number of aryl methyl sites for hydroxylation is 1. The lowest BCUT2D eigenvalue weighted by Gasteiger charge is -2.29. The topological polar surface area (TPSA) is 92.8 Å². The molecule has 0 amide bonds. The maximum atomic E-state index is 11.6.